The third kappa shape index (κ3) is 4.25. The number of aromatic nitrogens is 1. The minimum absolute atomic E-state index is 0.0795. The van der Waals surface area contributed by atoms with Gasteiger partial charge in [0.2, 0.25) is 0 Å². The molecule has 0 spiro atoms. The van der Waals surface area contributed by atoms with Gasteiger partial charge in [-0.05, 0) is 60.8 Å². The van der Waals surface area contributed by atoms with E-state index in [2.05, 4.69) is 20.3 Å². The van der Waals surface area contributed by atoms with Crippen molar-refractivity contribution in [3.63, 3.8) is 0 Å². The van der Waals surface area contributed by atoms with E-state index in [9.17, 15) is 9.59 Å². The molecule has 1 aromatic heterocycles. The van der Waals surface area contributed by atoms with Gasteiger partial charge in [-0.2, -0.15) is 4.37 Å². The van der Waals surface area contributed by atoms with Crippen molar-refractivity contribution in [2.45, 2.75) is 18.9 Å². The van der Waals surface area contributed by atoms with E-state index < -0.39 is 0 Å². The molecule has 0 radical (unpaired) electrons. The van der Waals surface area contributed by atoms with Gasteiger partial charge in [-0.15, -0.1) is 0 Å². The highest BCUT2D eigenvalue weighted by atomic mass is 32.1. The molecule has 0 bridgehead atoms. The summed E-state index contributed by atoms with van der Waals surface area (Å²) >= 11 is 1.45. The Labute approximate surface area is 161 Å². The standard InChI is InChI=1S/C20H20N4O2S/c25-19(13-5-7-14(8-6-13)20(26)23-15-9-10-15)22-12-11-21-18-16-3-1-2-4-17(16)27-24-18/h1-8,15H,9-12H2,(H,21,24)(H,22,25)(H,23,26). The average molecular weight is 380 g/mol. The predicted molar refractivity (Wildman–Crippen MR) is 107 cm³/mol. The van der Waals surface area contributed by atoms with Gasteiger partial charge in [0, 0.05) is 35.6 Å². The summed E-state index contributed by atoms with van der Waals surface area (Å²) in [6.45, 7) is 1.07. The van der Waals surface area contributed by atoms with E-state index in [0.29, 0.717) is 30.3 Å². The molecule has 6 nitrogen and oxygen atoms in total. The molecule has 1 heterocycles. The van der Waals surface area contributed by atoms with Gasteiger partial charge in [0.1, 0.15) is 5.82 Å². The molecule has 0 atom stereocenters. The number of hydrogen-bond acceptors (Lipinski definition) is 5. The normalized spacial score (nSPS) is 13.3. The van der Waals surface area contributed by atoms with Crippen molar-refractivity contribution in [3.05, 3.63) is 59.7 Å². The fraction of sp³-hybridized carbons (Fsp3) is 0.250. The second-order valence-electron chi connectivity index (χ2n) is 6.54. The first-order valence-corrected chi connectivity index (χ1v) is 9.75. The number of anilines is 1. The number of hydrogen-bond donors (Lipinski definition) is 3. The second kappa shape index (κ2) is 7.75. The number of nitrogens with one attached hydrogen (secondary N) is 3. The Morgan fingerprint density at radius 3 is 2.41 bits per heavy atom. The second-order valence-corrected chi connectivity index (χ2v) is 7.34. The van der Waals surface area contributed by atoms with Crippen molar-refractivity contribution >= 4 is 39.3 Å². The lowest BCUT2D eigenvalue weighted by Crippen LogP contribution is -2.29. The van der Waals surface area contributed by atoms with Crippen LogP contribution >= 0.6 is 11.5 Å². The smallest absolute Gasteiger partial charge is 0.251 e. The highest BCUT2D eigenvalue weighted by molar-refractivity contribution is 7.13. The number of carbonyl (C=O) groups is 2. The van der Waals surface area contributed by atoms with Crippen molar-refractivity contribution in [2.24, 2.45) is 0 Å². The average Bonchev–Trinajstić information content (AvgIpc) is 3.42. The molecule has 2 aromatic carbocycles. The third-order valence-corrected chi connectivity index (χ3v) is 5.23. The van der Waals surface area contributed by atoms with E-state index in [-0.39, 0.29) is 11.8 Å². The highest BCUT2D eigenvalue weighted by Gasteiger charge is 2.23. The minimum Gasteiger partial charge on any atom is -0.367 e. The fourth-order valence-corrected chi connectivity index (χ4v) is 3.50. The van der Waals surface area contributed by atoms with Gasteiger partial charge in [0.05, 0.1) is 4.70 Å². The number of fused-ring (bicyclic) bond motifs is 1. The van der Waals surface area contributed by atoms with Gasteiger partial charge in [-0.1, -0.05) is 12.1 Å². The lowest BCUT2D eigenvalue weighted by Gasteiger charge is -2.08. The number of amides is 2. The maximum absolute atomic E-state index is 12.2. The molecule has 3 aromatic rings. The topological polar surface area (TPSA) is 83.1 Å². The molecule has 7 heteroatoms. The van der Waals surface area contributed by atoms with Crippen LogP contribution in [0.3, 0.4) is 0 Å². The van der Waals surface area contributed by atoms with Crippen molar-refractivity contribution in [1.82, 2.24) is 15.0 Å². The Morgan fingerprint density at radius 1 is 0.963 bits per heavy atom. The summed E-state index contributed by atoms with van der Waals surface area (Å²) in [5, 5.41) is 10.2. The van der Waals surface area contributed by atoms with Crippen LogP contribution in [0.2, 0.25) is 0 Å². The van der Waals surface area contributed by atoms with Crippen LogP contribution in [0.1, 0.15) is 33.6 Å². The van der Waals surface area contributed by atoms with Gasteiger partial charge in [0.15, 0.2) is 0 Å². The Morgan fingerprint density at radius 2 is 1.67 bits per heavy atom. The summed E-state index contributed by atoms with van der Waals surface area (Å²) in [4.78, 5) is 24.2. The van der Waals surface area contributed by atoms with Gasteiger partial charge < -0.3 is 16.0 Å². The minimum atomic E-state index is -0.158. The van der Waals surface area contributed by atoms with Crippen molar-refractivity contribution in [2.75, 3.05) is 18.4 Å². The SMILES string of the molecule is O=C(NCCNc1nsc2ccccc12)c1ccc(C(=O)NC2CC2)cc1. The van der Waals surface area contributed by atoms with Gasteiger partial charge in [0.25, 0.3) is 11.8 Å². The summed E-state index contributed by atoms with van der Waals surface area (Å²) in [5.41, 5.74) is 1.12. The summed E-state index contributed by atoms with van der Waals surface area (Å²) in [5.74, 6) is 0.606. The largest absolute Gasteiger partial charge is 0.367 e. The van der Waals surface area contributed by atoms with Gasteiger partial charge >= 0.3 is 0 Å². The lowest BCUT2D eigenvalue weighted by atomic mass is 10.1. The van der Waals surface area contributed by atoms with E-state index in [1.807, 2.05) is 24.3 Å². The molecule has 2 amide bonds. The van der Waals surface area contributed by atoms with E-state index >= 15 is 0 Å². The quantitative estimate of drug-likeness (QED) is 0.550. The Hall–Kier alpha value is -2.93. The molecular weight excluding hydrogens is 360 g/mol. The molecule has 1 saturated carbocycles. The predicted octanol–water partition coefficient (Wildman–Crippen LogP) is 3.03. The molecule has 138 valence electrons. The van der Waals surface area contributed by atoms with E-state index in [1.165, 1.54) is 11.5 Å². The van der Waals surface area contributed by atoms with E-state index in [0.717, 1.165) is 28.7 Å². The first-order valence-electron chi connectivity index (χ1n) is 8.98. The van der Waals surface area contributed by atoms with Crippen molar-refractivity contribution in [3.8, 4) is 0 Å². The van der Waals surface area contributed by atoms with Gasteiger partial charge in [-0.25, -0.2) is 0 Å². The van der Waals surface area contributed by atoms with Crippen LogP contribution in [0.25, 0.3) is 10.1 Å². The van der Waals surface area contributed by atoms with Crippen LogP contribution in [0, 0.1) is 0 Å². The van der Waals surface area contributed by atoms with Crippen LogP contribution < -0.4 is 16.0 Å². The first kappa shape index (κ1) is 17.5. The third-order valence-electron chi connectivity index (χ3n) is 4.40. The zero-order valence-corrected chi connectivity index (χ0v) is 15.5. The number of rotatable bonds is 7. The van der Waals surface area contributed by atoms with Crippen molar-refractivity contribution in [1.29, 1.82) is 0 Å². The molecule has 0 unspecified atom stereocenters. The van der Waals surface area contributed by atoms with Crippen LogP contribution in [-0.2, 0) is 0 Å². The van der Waals surface area contributed by atoms with E-state index in [4.69, 9.17) is 0 Å². The zero-order valence-electron chi connectivity index (χ0n) is 14.7. The number of nitrogens with zero attached hydrogens (tertiary/aromatic N) is 1. The molecule has 1 aliphatic carbocycles. The molecule has 3 N–H and O–H groups in total. The Balaban J connectivity index is 1.26. The molecule has 4 rings (SSSR count). The zero-order chi connectivity index (χ0) is 18.6. The molecule has 1 aliphatic rings. The number of carbonyl (C=O) groups excluding carboxylic acids is 2. The molecule has 0 aliphatic heterocycles. The molecule has 0 saturated heterocycles. The van der Waals surface area contributed by atoms with Crippen LogP contribution in [0.5, 0.6) is 0 Å². The van der Waals surface area contributed by atoms with Gasteiger partial charge in [-0.3, -0.25) is 9.59 Å². The summed E-state index contributed by atoms with van der Waals surface area (Å²) in [6.07, 6.45) is 2.11. The summed E-state index contributed by atoms with van der Waals surface area (Å²) < 4.78 is 5.54. The Bertz CT molecular complexity index is 964. The Kier molecular flexibility index (Phi) is 5.02. The first-order chi connectivity index (χ1) is 13.2. The lowest BCUT2D eigenvalue weighted by molar-refractivity contribution is 0.0941. The highest BCUT2D eigenvalue weighted by Crippen LogP contribution is 2.25. The van der Waals surface area contributed by atoms with Crippen molar-refractivity contribution < 1.29 is 9.59 Å². The monoisotopic (exact) mass is 380 g/mol. The van der Waals surface area contributed by atoms with Crippen LogP contribution in [0.15, 0.2) is 48.5 Å². The maximum Gasteiger partial charge on any atom is 0.251 e. The number of benzene rings is 2. The molecule has 1 fully saturated rings. The van der Waals surface area contributed by atoms with E-state index in [1.54, 1.807) is 24.3 Å². The summed E-state index contributed by atoms with van der Waals surface area (Å²) in [6, 6.07) is 15.1. The molecular formula is C20H20N4O2S. The fourth-order valence-electron chi connectivity index (χ4n) is 2.74. The summed E-state index contributed by atoms with van der Waals surface area (Å²) in [7, 11) is 0. The van der Waals surface area contributed by atoms with Crippen LogP contribution in [-0.4, -0.2) is 35.3 Å². The molecule has 27 heavy (non-hydrogen) atoms. The maximum atomic E-state index is 12.2. The van der Waals surface area contributed by atoms with Crippen LogP contribution in [0.4, 0.5) is 5.82 Å².